The van der Waals surface area contributed by atoms with E-state index in [1.165, 1.54) is 0 Å². The molecule has 0 radical (unpaired) electrons. The molecule has 16 heteroatoms. The van der Waals surface area contributed by atoms with Gasteiger partial charge in [-0.25, -0.2) is 0 Å². The first kappa shape index (κ1) is 27.8. The zero-order valence-corrected chi connectivity index (χ0v) is 17.8. The van der Waals surface area contributed by atoms with Crippen LogP contribution in [-0.4, -0.2) is 46.2 Å². The Morgan fingerprint density at radius 2 is 0.667 bits per heavy atom. The van der Waals surface area contributed by atoms with Gasteiger partial charge in [-0.15, -0.1) is 0 Å². The molecule has 0 unspecified atom stereocenters. The molecule has 0 saturated carbocycles. The third-order valence-corrected chi connectivity index (χ3v) is 14.2. The number of hydrogen-bond donors (Lipinski definition) is 0. The van der Waals surface area contributed by atoms with E-state index in [1.807, 2.05) is 0 Å². The van der Waals surface area contributed by atoms with Crippen LogP contribution in [-0.2, 0) is 9.05 Å². The molecule has 0 spiro atoms. The van der Waals surface area contributed by atoms with Gasteiger partial charge in [0.15, 0.2) is 0 Å². The number of hydrogen-bond acceptors (Lipinski definition) is 2. The molecule has 1 heterocycles. The molecule has 1 aliphatic rings. The van der Waals surface area contributed by atoms with Gasteiger partial charge in [0.1, 0.15) is 0 Å². The third kappa shape index (κ3) is 2.91. The SMILES string of the molecule is CC(C)(C)P1(Cl)(C(C)(C)C)OC(C(F)(F)F)(C(F)(F)F)C(C(F)(F)F)(C(F)(F)F)O1. The summed E-state index contributed by atoms with van der Waals surface area (Å²) in [5.74, 6) is 0. The molecule has 1 aliphatic heterocycles. The fraction of sp³-hybridized carbons (Fsp3) is 1.00. The van der Waals surface area contributed by atoms with E-state index in [0.717, 1.165) is 41.5 Å². The Bertz CT molecular complexity index is 607. The van der Waals surface area contributed by atoms with Gasteiger partial charge in [-0.3, -0.25) is 0 Å². The summed E-state index contributed by atoms with van der Waals surface area (Å²) in [7, 11) is 0. The molecule has 0 aromatic rings. The Kier molecular flexibility index (Phi) is 5.77. The third-order valence-electron chi connectivity index (χ3n) is 4.97. The Balaban J connectivity index is 4.55. The van der Waals surface area contributed by atoms with Crippen molar-refractivity contribution >= 4 is 17.7 Å². The molecule has 1 saturated heterocycles. The summed E-state index contributed by atoms with van der Waals surface area (Å²) in [6.45, 7) is 4.44. The summed E-state index contributed by atoms with van der Waals surface area (Å²) in [4.78, 5) is 0. The molecule has 0 amide bonds. The van der Waals surface area contributed by atoms with Crippen LogP contribution in [0.5, 0.6) is 0 Å². The molecule has 2 nitrogen and oxygen atoms in total. The van der Waals surface area contributed by atoms with Gasteiger partial charge in [-0.2, -0.15) is 0 Å². The first-order valence-electron chi connectivity index (χ1n) is 7.91. The zero-order chi connectivity index (χ0) is 24.9. The van der Waals surface area contributed by atoms with Crippen LogP contribution in [0.25, 0.3) is 0 Å². The predicted octanol–water partition coefficient (Wildman–Crippen LogP) is 7.89. The summed E-state index contributed by atoms with van der Waals surface area (Å²) < 4.78 is 174. The fourth-order valence-corrected chi connectivity index (χ4v) is 8.93. The predicted molar refractivity (Wildman–Crippen MR) is 84.1 cm³/mol. The molecular weight excluding hydrogens is 495 g/mol. The number of alkyl halides is 12. The van der Waals surface area contributed by atoms with Gasteiger partial charge in [0.05, 0.1) is 0 Å². The van der Waals surface area contributed by atoms with Crippen molar-refractivity contribution in [3.63, 3.8) is 0 Å². The van der Waals surface area contributed by atoms with Crippen LogP contribution in [0.4, 0.5) is 52.7 Å². The van der Waals surface area contributed by atoms with Crippen molar-refractivity contribution in [1.29, 1.82) is 0 Å². The topological polar surface area (TPSA) is 18.5 Å². The van der Waals surface area contributed by atoms with Crippen LogP contribution in [0.3, 0.4) is 0 Å². The van der Waals surface area contributed by atoms with Crippen molar-refractivity contribution in [2.24, 2.45) is 0 Å². The summed E-state index contributed by atoms with van der Waals surface area (Å²) >= 11 is 6.06. The molecule has 0 aliphatic carbocycles. The van der Waals surface area contributed by atoms with Crippen LogP contribution < -0.4 is 0 Å². The van der Waals surface area contributed by atoms with Crippen LogP contribution >= 0.6 is 17.7 Å². The minimum atomic E-state index is -7.29. The van der Waals surface area contributed by atoms with Crippen LogP contribution in [0.15, 0.2) is 0 Å². The maximum atomic E-state index is 13.8. The zero-order valence-electron chi connectivity index (χ0n) is 16.2. The monoisotopic (exact) mass is 512 g/mol. The van der Waals surface area contributed by atoms with Crippen molar-refractivity contribution < 1.29 is 61.7 Å². The molecule has 0 bridgehead atoms. The van der Waals surface area contributed by atoms with Crippen molar-refractivity contribution in [3.8, 4) is 0 Å². The maximum absolute atomic E-state index is 13.8. The van der Waals surface area contributed by atoms with Gasteiger partial charge in [-0.05, 0) is 0 Å². The molecule has 0 atom stereocenters. The normalized spacial score (nSPS) is 26.2. The standard InChI is InChI=1S/C14H18ClF12O2P/c1-7(2,3)30(15,8(4,5)6)28-9(11(16,17)18,12(19,20)21)10(29-30,13(22,23)24)14(25,26)27/h1-6H3. The van der Waals surface area contributed by atoms with E-state index in [-0.39, 0.29) is 0 Å². The van der Waals surface area contributed by atoms with Crippen molar-refractivity contribution in [2.45, 2.75) is 87.8 Å². The number of halogens is 13. The van der Waals surface area contributed by atoms with Crippen LogP contribution in [0.1, 0.15) is 41.5 Å². The molecule has 30 heavy (non-hydrogen) atoms. The Morgan fingerprint density at radius 3 is 0.767 bits per heavy atom. The van der Waals surface area contributed by atoms with E-state index in [1.54, 1.807) is 0 Å². The van der Waals surface area contributed by atoms with Gasteiger partial charge in [0.2, 0.25) is 0 Å². The van der Waals surface area contributed by atoms with Gasteiger partial charge in [0, 0.05) is 0 Å². The number of rotatable bonds is 0. The van der Waals surface area contributed by atoms with Gasteiger partial charge >= 0.3 is 167 Å². The summed E-state index contributed by atoms with van der Waals surface area (Å²) in [5.41, 5.74) is -13.8. The van der Waals surface area contributed by atoms with E-state index in [9.17, 15) is 52.7 Å². The van der Waals surface area contributed by atoms with Crippen LogP contribution in [0, 0.1) is 0 Å². The first-order chi connectivity index (χ1) is 12.5. The molecule has 0 aromatic carbocycles. The summed E-state index contributed by atoms with van der Waals surface area (Å²) in [5, 5.41) is -4.74. The quantitative estimate of drug-likeness (QED) is 0.243. The van der Waals surface area contributed by atoms with E-state index in [4.69, 9.17) is 11.2 Å². The van der Waals surface area contributed by atoms with Gasteiger partial charge in [-0.1, -0.05) is 0 Å². The second-order valence-corrected chi connectivity index (χ2v) is 15.3. The average molecular weight is 513 g/mol. The van der Waals surface area contributed by atoms with E-state index >= 15 is 0 Å². The minimum absolute atomic E-state index is 0.739. The molecule has 0 aromatic heterocycles. The molecule has 0 N–H and O–H groups in total. The van der Waals surface area contributed by atoms with Crippen molar-refractivity contribution in [1.82, 2.24) is 0 Å². The second-order valence-electron chi connectivity index (χ2n) is 8.74. The molecule has 1 rings (SSSR count). The summed E-state index contributed by atoms with van der Waals surface area (Å²) in [6, 6.07) is 0. The average Bonchev–Trinajstić information content (AvgIpc) is 2.67. The van der Waals surface area contributed by atoms with E-state index < -0.39 is 52.6 Å². The fourth-order valence-electron chi connectivity index (χ4n) is 3.52. The van der Waals surface area contributed by atoms with Crippen molar-refractivity contribution in [2.75, 3.05) is 0 Å². The summed E-state index contributed by atoms with van der Waals surface area (Å²) in [6.07, 6.45) is -35.8. The Morgan fingerprint density at radius 1 is 0.500 bits per heavy atom. The first-order valence-corrected chi connectivity index (χ1v) is 10.9. The second kappa shape index (κ2) is 6.22. The van der Waals surface area contributed by atoms with E-state index in [0.29, 0.717) is 0 Å². The van der Waals surface area contributed by atoms with Gasteiger partial charge in [0.25, 0.3) is 0 Å². The van der Waals surface area contributed by atoms with Gasteiger partial charge < -0.3 is 0 Å². The Hall–Kier alpha value is -0.200. The van der Waals surface area contributed by atoms with Crippen LogP contribution in [0.2, 0.25) is 0 Å². The molecule has 1 fully saturated rings. The molecular formula is C14H18ClF12O2P. The Labute approximate surface area is 168 Å². The van der Waals surface area contributed by atoms with Crippen molar-refractivity contribution in [3.05, 3.63) is 0 Å². The molecule has 182 valence electrons. The van der Waals surface area contributed by atoms with E-state index in [2.05, 4.69) is 9.05 Å².